The van der Waals surface area contributed by atoms with Gasteiger partial charge in [-0.25, -0.2) is 0 Å². The van der Waals surface area contributed by atoms with Crippen molar-refractivity contribution in [3.8, 4) is 5.75 Å². The van der Waals surface area contributed by atoms with Gasteiger partial charge in [0.1, 0.15) is 5.75 Å². The first-order chi connectivity index (χ1) is 11.4. The van der Waals surface area contributed by atoms with Crippen LogP contribution in [-0.4, -0.2) is 29.3 Å². The Balaban J connectivity index is 1.97. The predicted octanol–water partition coefficient (Wildman–Crippen LogP) is 3.22. The van der Waals surface area contributed by atoms with Gasteiger partial charge in [0.05, 0.1) is 24.9 Å². The van der Waals surface area contributed by atoms with Crippen molar-refractivity contribution in [1.82, 2.24) is 9.78 Å². The van der Waals surface area contributed by atoms with Gasteiger partial charge < -0.3 is 9.64 Å². The number of hydrogen-bond donors (Lipinski definition) is 0. The molecule has 0 atom stereocenters. The topological polar surface area (TPSA) is 47.4 Å². The summed E-state index contributed by atoms with van der Waals surface area (Å²) >= 11 is 6.35. The highest BCUT2D eigenvalue weighted by molar-refractivity contribution is 6.32. The van der Waals surface area contributed by atoms with Gasteiger partial charge in [-0.05, 0) is 44.4 Å². The molecule has 0 unspecified atom stereocenters. The number of nitrogens with zero attached hydrogens (tertiary/aromatic N) is 3. The van der Waals surface area contributed by atoms with Gasteiger partial charge in [-0.3, -0.25) is 9.48 Å². The van der Waals surface area contributed by atoms with E-state index in [1.165, 1.54) is 0 Å². The number of aryl methyl sites for hydroxylation is 2. The van der Waals surface area contributed by atoms with E-state index >= 15 is 0 Å². The highest BCUT2D eigenvalue weighted by Crippen LogP contribution is 2.40. The molecule has 0 fully saturated rings. The van der Waals surface area contributed by atoms with Crippen LogP contribution in [0.25, 0.3) is 0 Å². The number of halogens is 1. The van der Waals surface area contributed by atoms with Crippen molar-refractivity contribution in [2.24, 2.45) is 7.05 Å². The molecule has 1 aliphatic heterocycles. The molecule has 3 rings (SSSR count). The molecular formula is C18H22ClN3O2. The van der Waals surface area contributed by atoms with Gasteiger partial charge in [-0.15, -0.1) is 0 Å². The number of methoxy groups -OCH3 is 1. The van der Waals surface area contributed by atoms with E-state index < -0.39 is 0 Å². The minimum absolute atomic E-state index is 0.0516. The van der Waals surface area contributed by atoms with Crippen LogP contribution in [0.2, 0.25) is 5.02 Å². The molecule has 0 radical (unpaired) electrons. The van der Waals surface area contributed by atoms with E-state index in [1.807, 2.05) is 42.6 Å². The van der Waals surface area contributed by atoms with E-state index in [4.69, 9.17) is 16.3 Å². The molecule has 0 saturated heterocycles. The van der Waals surface area contributed by atoms with Crippen molar-refractivity contribution >= 4 is 23.2 Å². The number of anilines is 1. The Labute approximate surface area is 147 Å². The number of ether oxygens (including phenoxy) is 1. The normalized spacial score (nSPS) is 13.8. The zero-order valence-corrected chi connectivity index (χ0v) is 15.3. The van der Waals surface area contributed by atoms with Gasteiger partial charge >= 0.3 is 0 Å². The molecule has 1 aromatic heterocycles. The summed E-state index contributed by atoms with van der Waals surface area (Å²) in [7, 11) is 3.52. The number of carbonyl (C=O) groups is 1. The number of benzene rings is 1. The predicted molar refractivity (Wildman–Crippen MR) is 95.1 cm³/mol. The van der Waals surface area contributed by atoms with Gasteiger partial charge in [0.2, 0.25) is 5.91 Å². The first kappa shape index (κ1) is 16.8. The van der Waals surface area contributed by atoms with Crippen LogP contribution in [0.15, 0.2) is 12.1 Å². The lowest BCUT2D eigenvalue weighted by atomic mass is 9.99. The lowest BCUT2D eigenvalue weighted by Crippen LogP contribution is -2.37. The van der Waals surface area contributed by atoms with Crippen molar-refractivity contribution in [1.29, 1.82) is 0 Å². The molecule has 128 valence electrons. The Morgan fingerprint density at radius 2 is 2.12 bits per heavy atom. The summed E-state index contributed by atoms with van der Waals surface area (Å²) in [4.78, 5) is 14.8. The summed E-state index contributed by atoms with van der Waals surface area (Å²) in [5.74, 6) is 0.748. The van der Waals surface area contributed by atoms with Crippen molar-refractivity contribution < 1.29 is 9.53 Å². The standard InChI is InChI=1S/C18H22ClN3O2/c1-11-14(12(2)21(3)20-11)10-17(23)22-9-5-6-13-15(19)7-8-16(24-4)18(13)22/h7-8H,5-6,9-10H2,1-4H3. The van der Waals surface area contributed by atoms with E-state index in [0.717, 1.165) is 41.0 Å². The minimum Gasteiger partial charge on any atom is -0.495 e. The largest absolute Gasteiger partial charge is 0.495 e. The number of fused-ring (bicyclic) bond motifs is 1. The molecule has 2 aromatic rings. The van der Waals surface area contributed by atoms with Crippen LogP contribution in [0.5, 0.6) is 5.75 Å². The Bertz CT molecular complexity index is 798. The number of aromatic nitrogens is 2. The Hall–Kier alpha value is -2.01. The van der Waals surface area contributed by atoms with Gasteiger partial charge in [0.25, 0.3) is 0 Å². The van der Waals surface area contributed by atoms with Gasteiger partial charge in [-0.1, -0.05) is 11.6 Å². The van der Waals surface area contributed by atoms with Crippen molar-refractivity contribution in [3.05, 3.63) is 39.7 Å². The highest BCUT2D eigenvalue weighted by Gasteiger charge is 2.28. The maximum absolute atomic E-state index is 13.0. The van der Waals surface area contributed by atoms with Gasteiger partial charge in [0, 0.05) is 29.9 Å². The Kier molecular flexibility index (Phi) is 4.54. The van der Waals surface area contributed by atoms with Crippen LogP contribution in [0.4, 0.5) is 5.69 Å². The number of carbonyl (C=O) groups excluding carboxylic acids is 1. The average molecular weight is 348 g/mol. The lowest BCUT2D eigenvalue weighted by Gasteiger charge is -2.31. The van der Waals surface area contributed by atoms with E-state index in [0.29, 0.717) is 23.7 Å². The fourth-order valence-corrected chi connectivity index (χ4v) is 3.63. The molecule has 0 N–H and O–H groups in total. The van der Waals surface area contributed by atoms with E-state index in [9.17, 15) is 4.79 Å². The molecule has 0 aliphatic carbocycles. The zero-order chi connectivity index (χ0) is 17.4. The molecule has 0 saturated carbocycles. The third kappa shape index (κ3) is 2.77. The zero-order valence-electron chi connectivity index (χ0n) is 14.5. The lowest BCUT2D eigenvalue weighted by molar-refractivity contribution is -0.118. The van der Waals surface area contributed by atoms with Crippen molar-refractivity contribution in [2.75, 3.05) is 18.6 Å². The van der Waals surface area contributed by atoms with Crippen LogP contribution in [-0.2, 0) is 24.7 Å². The summed E-state index contributed by atoms with van der Waals surface area (Å²) in [6.07, 6.45) is 2.09. The molecule has 0 bridgehead atoms. The second-order valence-corrected chi connectivity index (χ2v) is 6.58. The number of rotatable bonds is 3. The van der Waals surface area contributed by atoms with E-state index in [-0.39, 0.29) is 5.91 Å². The maximum atomic E-state index is 13.0. The summed E-state index contributed by atoms with van der Waals surface area (Å²) in [6.45, 7) is 4.61. The molecule has 24 heavy (non-hydrogen) atoms. The summed E-state index contributed by atoms with van der Waals surface area (Å²) in [5.41, 5.74) is 4.74. The first-order valence-corrected chi connectivity index (χ1v) is 8.46. The molecule has 2 heterocycles. The highest BCUT2D eigenvalue weighted by atomic mass is 35.5. The second-order valence-electron chi connectivity index (χ2n) is 6.18. The summed E-state index contributed by atoms with van der Waals surface area (Å²) < 4.78 is 7.30. The van der Waals surface area contributed by atoms with Gasteiger partial charge in [-0.2, -0.15) is 5.10 Å². The first-order valence-electron chi connectivity index (χ1n) is 8.08. The molecule has 1 aromatic carbocycles. The van der Waals surface area contributed by atoms with Crippen molar-refractivity contribution in [3.63, 3.8) is 0 Å². The second kappa shape index (κ2) is 6.48. The Morgan fingerprint density at radius 1 is 1.38 bits per heavy atom. The third-order valence-corrected chi connectivity index (χ3v) is 5.13. The minimum atomic E-state index is 0.0516. The van der Waals surface area contributed by atoms with Crippen molar-refractivity contribution in [2.45, 2.75) is 33.1 Å². The SMILES string of the molecule is COc1ccc(Cl)c2c1N(C(=O)Cc1c(C)nn(C)c1C)CCC2. The Morgan fingerprint density at radius 3 is 2.75 bits per heavy atom. The molecule has 5 nitrogen and oxygen atoms in total. The summed E-state index contributed by atoms with van der Waals surface area (Å²) in [5, 5.41) is 5.09. The average Bonchev–Trinajstić information content (AvgIpc) is 2.81. The van der Waals surface area contributed by atoms with Gasteiger partial charge in [0.15, 0.2) is 0 Å². The van der Waals surface area contributed by atoms with Crippen LogP contribution in [0.1, 0.15) is 28.9 Å². The fourth-order valence-electron chi connectivity index (χ4n) is 3.38. The summed E-state index contributed by atoms with van der Waals surface area (Å²) in [6, 6.07) is 3.66. The monoisotopic (exact) mass is 347 g/mol. The molecular weight excluding hydrogens is 326 g/mol. The van der Waals surface area contributed by atoms with Crippen LogP contribution in [0, 0.1) is 13.8 Å². The van der Waals surface area contributed by atoms with Crippen LogP contribution >= 0.6 is 11.6 Å². The van der Waals surface area contributed by atoms with E-state index in [2.05, 4.69) is 5.10 Å². The maximum Gasteiger partial charge on any atom is 0.231 e. The van der Waals surface area contributed by atoms with Crippen LogP contribution in [0.3, 0.4) is 0 Å². The molecule has 1 aliphatic rings. The molecule has 6 heteroatoms. The fraction of sp³-hybridized carbons (Fsp3) is 0.444. The number of amides is 1. The molecule has 1 amide bonds. The third-order valence-electron chi connectivity index (χ3n) is 4.77. The molecule has 0 spiro atoms. The van der Waals surface area contributed by atoms with Crippen LogP contribution < -0.4 is 9.64 Å². The smallest absolute Gasteiger partial charge is 0.231 e. The van der Waals surface area contributed by atoms with E-state index in [1.54, 1.807) is 7.11 Å². The number of hydrogen-bond acceptors (Lipinski definition) is 3. The quantitative estimate of drug-likeness (QED) is 0.856.